The molecule has 1 saturated heterocycles. The Kier molecular flexibility index (Phi) is 4.66. The number of amides is 1. The number of nitrogens with zero attached hydrogens (tertiary/aromatic N) is 2. The lowest BCUT2D eigenvalue weighted by Gasteiger charge is -2.15. The van der Waals surface area contributed by atoms with Gasteiger partial charge >= 0.3 is 0 Å². The number of nitriles is 1. The summed E-state index contributed by atoms with van der Waals surface area (Å²) in [5.74, 6) is 0.0640. The zero-order valence-corrected chi connectivity index (χ0v) is 12.9. The van der Waals surface area contributed by atoms with E-state index in [2.05, 4.69) is 16.4 Å². The van der Waals surface area contributed by atoms with E-state index in [1.165, 1.54) is 11.8 Å². The zero-order valence-electron chi connectivity index (χ0n) is 12.1. The highest BCUT2D eigenvalue weighted by molar-refractivity contribution is 8.00. The quantitative estimate of drug-likeness (QED) is 0.909. The van der Waals surface area contributed by atoms with Gasteiger partial charge < -0.3 is 5.32 Å². The maximum Gasteiger partial charge on any atom is 0.233 e. The van der Waals surface area contributed by atoms with Crippen LogP contribution in [-0.2, 0) is 4.79 Å². The number of pyridine rings is 1. The molecule has 0 spiro atoms. The van der Waals surface area contributed by atoms with Crippen molar-refractivity contribution in [2.24, 2.45) is 0 Å². The van der Waals surface area contributed by atoms with Crippen molar-refractivity contribution in [1.29, 1.82) is 5.26 Å². The normalized spacial score (nSPS) is 19.1. The van der Waals surface area contributed by atoms with Gasteiger partial charge in [-0.25, -0.2) is 4.98 Å². The standard InChI is InChI=1S/C15H19N3OS/c1-9-10(2)12(8-16)15(18-11(9)3)20-13-6-4-5-7-17-14(13)19/h13H,4-7H2,1-3H3,(H,17,19). The molecular weight excluding hydrogens is 270 g/mol. The van der Waals surface area contributed by atoms with Gasteiger partial charge in [-0.3, -0.25) is 4.79 Å². The largest absolute Gasteiger partial charge is 0.355 e. The van der Waals surface area contributed by atoms with Gasteiger partial charge in [-0.15, -0.1) is 0 Å². The molecule has 1 fully saturated rings. The fraction of sp³-hybridized carbons (Fsp3) is 0.533. The molecule has 4 nitrogen and oxygen atoms in total. The molecule has 2 rings (SSSR count). The van der Waals surface area contributed by atoms with E-state index < -0.39 is 0 Å². The van der Waals surface area contributed by atoms with E-state index in [0.29, 0.717) is 10.6 Å². The van der Waals surface area contributed by atoms with Gasteiger partial charge in [0.2, 0.25) is 5.91 Å². The summed E-state index contributed by atoms with van der Waals surface area (Å²) in [6.45, 7) is 6.62. The zero-order chi connectivity index (χ0) is 14.7. The minimum absolute atomic E-state index is 0.0640. The Balaban J connectivity index is 2.33. The molecule has 0 bridgehead atoms. The molecule has 20 heavy (non-hydrogen) atoms. The van der Waals surface area contributed by atoms with Crippen molar-refractivity contribution >= 4 is 17.7 Å². The predicted octanol–water partition coefficient (Wildman–Crippen LogP) is 2.64. The number of thioether (sulfide) groups is 1. The summed E-state index contributed by atoms with van der Waals surface area (Å²) in [5, 5.41) is 12.8. The minimum atomic E-state index is -0.140. The summed E-state index contributed by atoms with van der Waals surface area (Å²) < 4.78 is 0. The molecule has 0 saturated carbocycles. The third-order valence-electron chi connectivity index (χ3n) is 3.81. The van der Waals surface area contributed by atoms with Crippen molar-refractivity contribution < 1.29 is 4.79 Å². The fourth-order valence-electron chi connectivity index (χ4n) is 2.29. The van der Waals surface area contributed by atoms with Crippen LogP contribution in [0.3, 0.4) is 0 Å². The molecule has 106 valence electrons. The summed E-state index contributed by atoms with van der Waals surface area (Å²) in [5.41, 5.74) is 3.56. The molecule has 1 aromatic heterocycles. The van der Waals surface area contributed by atoms with Crippen LogP contribution < -0.4 is 5.32 Å². The molecule has 0 aromatic carbocycles. The third kappa shape index (κ3) is 2.96. The Hall–Kier alpha value is -1.54. The molecule has 1 unspecified atom stereocenters. The second-order valence-corrected chi connectivity index (χ2v) is 6.32. The number of aryl methyl sites for hydroxylation is 1. The van der Waals surface area contributed by atoms with E-state index in [1.54, 1.807) is 0 Å². The molecule has 5 heteroatoms. The average Bonchev–Trinajstić information content (AvgIpc) is 2.62. The smallest absolute Gasteiger partial charge is 0.233 e. The second-order valence-electron chi connectivity index (χ2n) is 5.13. The lowest BCUT2D eigenvalue weighted by molar-refractivity contribution is -0.120. The summed E-state index contributed by atoms with van der Waals surface area (Å²) in [6, 6.07) is 2.24. The van der Waals surface area contributed by atoms with Crippen molar-refractivity contribution in [2.45, 2.75) is 50.3 Å². The van der Waals surface area contributed by atoms with E-state index in [0.717, 1.165) is 42.6 Å². The Morgan fingerprint density at radius 2 is 2.05 bits per heavy atom. The van der Waals surface area contributed by atoms with Crippen molar-refractivity contribution in [1.82, 2.24) is 10.3 Å². The highest BCUT2D eigenvalue weighted by Crippen LogP contribution is 2.32. The van der Waals surface area contributed by atoms with Gasteiger partial charge in [0.05, 0.1) is 10.8 Å². The molecule has 1 aromatic rings. The Bertz CT molecular complexity index is 577. The van der Waals surface area contributed by atoms with Crippen LogP contribution in [0.25, 0.3) is 0 Å². The van der Waals surface area contributed by atoms with Gasteiger partial charge in [0.1, 0.15) is 11.1 Å². The highest BCUT2D eigenvalue weighted by atomic mass is 32.2. The van der Waals surface area contributed by atoms with E-state index in [4.69, 9.17) is 0 Å². The lowest BCUT2D eigenvalue weighted by atomic mass is 10.1. The van der Waals surface area contributed by atoms with Crippen LogP contribution >= 0.6 is 11.8 Å². The van der Waals surface area contributed by atoms with Crippen LogP contribution in [0.5, 0.6) is 0 Å². The molecule has 1 aliphatic heterocycles. The number of hydrogen-bond acceptors (Lipinski definition) is 4. The first-order chi connectivity index (χ1) is 9.54. The number of aromatic nitrogens is 1. The first-order valence-corrected chi connectivity index (χ1v) is 7.74. The molecular formula is C15H19N3OS. The molecule has 1 aliphatic rings. The van der Waals surface area contributed by atoms with Gasteiger partial charge in [-0.1, -0.05) is 18.2 Å². The molecule has 2 heterocycles. The van der Waals surface area contributed by atoms with Crippen LogP contribution in [-0.4, -0.2) is 22.7 Å². The van der Waals surface area contributed by atoms with Crippen LogP contribution in [0.15, 0.2) is 5.03 Å². The van der Waals surface area contributed by atoms with Gasteiger partial charge in [0.15, 0.2) is 0 Å². The Labute approximate surface area is 124 Å². The van der Waals surface area contributed by atoms with E-state index in [1.807, 2.05) is 20.8 Å². The lowest BCUT2D eigenvalue weighted by Crippen LogP contribution is -2.30. The first-order valence-electron chi connectivity index (χ1n) is 6.87. The maximum atomic E-state index is 12.0. The van der Waals surface area contributed by atoms with Gasteiger partial charge in [0, 0.05) is 12.2 Å². The van der Waals surface area contributed by atoms with Crippen molar-refractivity contribution in [3.63, 3.8) is 0 Å². The summed E-state index contributed by atoms with van der Waals surface area (Å²) in [7, 11) is 0. The van der Waals surface area contributed by atoms with Crippen LogP contribution in [0, 0.1) is 32.1 Å². The maximum absolute atomic E-state index is 12.0. The van der Waals surface area contributed by atoms with E-state index >= 15 is 0 Å². The van der Waals surface area contributed by atoms with Gasteiger partial charge in [0.25, 0.3) is 0 Å². The number of carbonyl (C=O) groups is 1. The molecule has 0 aliphatic carbocycles. The highest BCUT2D eigenvalue weighted by Gasteiger charge is 2.24. The van der Waals surface area contributed by atoms with Crippen molar-refractivity contribution in [2.75, 3.05) is 6.54 Å². The Morgan fingerprint density at radius 3 is 2.75 bits per heavy atom. The molecule has 1 amide bonds. The molecule has 0 radical (unpaired) electrons. The molecule has 1 atom stereocenters. The van der Waals surface area contributed by atoms with Gasteiger partial charge in [-0.2, -0.15) is 5.26 Å². The van der Waals surface area contributed by atoms with Crippen molar-refractivity contribution in [3.05, 3.63) is 22.4 Å². The third-order valence-corrected chi connectivity index (χ3v) is 5.07. The number of nitrogens with one attached hydrogen (secondary N) is 1. The van der Waals surface area contributed by atoms with Crippen LogP contribution in [0.4, 0.5) is 0 Å². The summed E-state index contributed by atoms with van der Waals surface area (Å²) in [4.78, 5) is 16.5. The minimum Gasteiger partial charge on any atom is -0.355 e. The van der Waals surface area contributed by atoms with Crippen LogP contribution in [0.1, 0.15) is 41.6 Å². The number of carbonyl (C=O) groups excluding carboxylic acids is 1. The SMILES string of the molecule is Cc1nc(SC2CCCCNC2=O)c(C#N)c(C)c1C. The van der Waals surface area contributed by atoms with Crippen molar-refractivity contribution in [3.8, 4) is 6.07 Å². The number of rotatable bonds is 2. The number of hydrogen-bond donors (Lipinski definition) is 1. The molecule has 1 N–H and O–H groups in total. The van der Waals surface area contributed by atoms with E-state index in [-0.39, 0.29) is 11.2 Å². The topological polar surface area (TPSA) is 65.8 Å². The monoisotopic (exact) mass is 289 g/mol. The summed E-state index contributed by atoms with van der Waals surface area (Å²) >= 11 is 1.43. The summed E-state index contributed by atoms with van der Waals surface area (Å²) in [6.07, 6.45) is 2.89. The van der Waals surface area contributed by atoms with Crippen LogP contribution in [0.2, 0.25) is 0 Å². The predicted molar refractivity (Wildman–Crippen MR) is 79.7 cm³/mol. The second kappa shape index (κ2) is 6.27. The fourth-order valence-corrected chi connectivity index (χ4v) is 3.54. The Morgan fingerprint density at radius 1 is 1.30 bits per heavy atom. The first kappa shape index (κ1) is 14.9. The van der Waals surface area contributed by atoms with E-state index in [9.17, 15) is 10.1 Å². The van der Waals surface area contributed by atoms with Gasteiger partial charge in [-0.05, 0) is 44.7 Å². The average molecular weight is 289 g/mol.